The molecule has 0 radical (unpaired) electrons. The van der Waals surface area contributed by atoms with Crippen LogP contribution < -0.4 is 0 Å². The van der Waals surface area contributed by atoms with Crippen LogP contribution in [0.4, 0.5) is 0 Å². The Bertz CT molecular complexity index is 257. The maximum Gasteiger partial charge on any atom is 0.0704 e. The summed E-state index contributed by atoms with van der Waals surface area (Å²) in [7, 11) is 0. The van der Waals surface area contributed by atoms with Crippen molar-refractivity contribution in [3.8, 4) is 0 Å². The molecule has 0 saturated heterocycles. The third-order valence-corrected chi connectivity index (χ3v) is 2.94. The first-order valence-corrected chi connectivity index (χ1v) is 7.90. The van der Waals surface area contributed by atoms with Crippen LogP contribution in [0.5, 0.6) is 0 Å². The molecule has 0 amide bonds. The van der Waals surface area contributed by atoms with Crippen LogP contribution in [0.25, 0.3) is 0 Å². The van der Waals surface area contributed by atoms with Crippen molar-refractivity contribution in [2.24, 2.45) is 5.41 Å². The van der Waals surface area contributed by atoms with Crippen LogP contribution >= 0.6 is 0 Å². The van der Waals surface area contributed by atoms with Gasteiger partial charge in [-0.05, 0) is 0 Å². The lowest BCUT2D eigenvalue weighted by atomic mass is 9.95. The minimum absolute atomic E-state index is 0.110. The van der Waals surface area contributed by atoms with Crippen molar-refractivity contribution < 1.29 is 33.9 Å². The molecule has 0 rings (SSSR count). The van der Waals surface area contributed by atoms with Crippen LogP contribution in [0.15, 0.2) is 12.7 Å². The highest BCUT2D eigenvalue weighted by Gasteiger charge is 2.22. The Balaban J connectivity index is 3.15. The Kier molecular flexibility index (Phi) is 15.9. The fourth-order valence-electron chi connectivity index (χ4n) is 1.40. The van der Waals surface area contributed by atoms with Crippen LogP contribution in [0.3, 0.4) is 0 Å². The number of aliphatic hydroxyl groups is 2. The lowest BCUT2D eigenvalue weighted by molar-refractivity contribution is -0.0409. The van der Waals surface area contributed by atoms with E-state index in [0.717, 1.165) is 0 Å². The third-order valence-electron chi connectivity index (χ3n) is 2.94. The SMILES string of the molecule is C=CCOCCOCCOCCOCCOCC(C)(CO)CO. The monoisotopic (exact) mass is 336 g/mol. The van der Waals surface area contributed by atoms with Gasteiger partial charge in [0.25, 0.3) is 0 Å². The van der Waals surface area contributed by atoms with Gasteiger partial charge in [-0.15, -0.1) is 6.58 Å². The first kappa shape index (κ1) is 22.5. The topological polar surface area (TPSA) is 86.6 Å². The van der Waals surface area contributed by atoms with Crippen molar-refractivity contribution in [3.05, 3.63) is 12.7 Å². The van der Waals surface area contributed by atoms with Crippen LogP contribution in [0, 0.1) is 5.41 Å². The molecule has 0 aromatic rings. The maximum absolute atomic E-state index is 9.09. The van der Waals surface area contributed by atoms with E-state index in [2.05, 4.69) is 6.58 Å². The van der Waals surface area contributed by atoms with Gasteiger partial charge in [0, 0.05) is 5.41 Å². The van der Waals surface area contributed by atoms with E-state index in [1.165, 1.54) is 0 Å². The average molecular weight is 336 g/mol. The fraction of sp³-hybridized carbons (Fsp3) is 0.875. The summed E-state index contributed by atoms with van der Waals surface area (Å²) in [5.74, 6) is 0. The van der Waals surface area contributed by atoms with Crippen molar-refractivity contribution >= 4 is 0 Å². The molecule has 0 spiro atoms. The quantitative estimate of drug-likeness (QED) is 0.274. The minimum atomic E-state index is -0.597. The number of hydrogen-bond acceptors (Lipinski definition) is 7. The summed E-state index contributed by atoms with van der Waals surface area (Å²) in [6, 6.07) is 0. The molecule has 0 fully saturated rings. The van der Waals surface area contributed by atoms with Crippen molar-refractivity contribution in [1.29, 1.82) is 0 Å². The first-order valence-electron chi connectivity index (χ1n) is 7.90. The van der Waals surface area contributed by atoms with Gasteiger partial charge in [0.05, 0.1) is 79.3 Å². The van der Waals surface area contributed by atoms with E-state index >= 15 is 0 Å². The third kappa shape index (κ3) is 14.8. The summed E-state index contributed by atoms with van der Waals surface area (Å²) >= 11 is 0. The highest BCUT2D eigenvalue weighted by molar-refractivity contribution is 4.70. The van der Waals surface area contributed by atoms with Gasteiger partial charge >= 0.3 is 0 Å². The lowest BCUT2D eigenvalue weighted by Crippen LogP contribution is -2.32. The van der Waals surface area contributed by atoms with Gasteiger partial charge in [-0.25, -0.2) is 0 Å². The highest BCUT2D eigenvalue weighted by atomic mass is 16.6. The molecule has 0 atom stereocenters. The van der Waals surface area contributed by atoms with E-state index in [9.17, 15) is 0 Å². The molecule has 7 heteroatoms. The molecule has 138 valence electrons. The summed E-state index contributed by atoms with van der Waals surface area (Å²) < 4.78 is 26.5. The van der Waals surface area contributed by atoms with Gasteiger partial charge in [-0.2, -0.15) is 0 Å². The van der Waals surface area contributed by atoms with Crippen LogP contribution in [-0.4, -0.2) is 89.5 Å². The van der Waals surface area contributed by atoms with Gasteiger partial charge in [-0.3, -0.25) is 0 Å². The smallest absolute Gasteiger partial charge is 0.0704 e. The maximum atomic E-state index is 9.09. The minimum Gasteiger partial charge on any atom is -0.396 e. The normalized spacial score (nSPS) is 11.8. The average Bonchev–Trinajstić information content (AvgIpc) is 2.58. The number of rotatable bonds is 18. The first-order chi connectivity index (χ1) is 11.2. The fourth-order valence-corrected chi connectivity index (χ4v) is 1.40. The number of aliphatic hydroxyl groups excluding tert-OH is 2. The molecule has 0 heterocycles. The van der Waals surface area contributed by atoms with Gasteiger partial charge in [-0.1, -0.05) is 13.0 Å². The molecule has 0 aromatic carbocycles. The van der Waals surface area contributed by atoms with Gasteiger partial charge in [0.15, 0.2) is 0 Å². The largest absolute Gasteiger partial charge is 0.396 e. The zero-order valence-electron chi connectivity index (χ0n) is 14.2. The second kappa shape index (κ2) is 16.3. The van der Waals surface area contributed by atoms with Crippen molar-refractivity contribution in [3.63, 3.8) is 0 Å². The summed E-state index contributed by atoms with van der Waals surface area (Å²) in [4.78, 5) is 0. The second-order valence-electron chi connectivity index (χ2n) is 5.38. The van der Waals surface area contributed by atoms with E-state index < -0.39 is 5.41 Å². The van der Waals surface area contributed by atoms with Crippen molar-refractivity contribution in [2.45, 2.75) is 6.92 Å². The molecule has 7 nitrogen and oxygen atoms in total. The summed E-state index contributed by atoms with van der Waals surface area (Å²) in [6.07, 6.45) is 1.70. The predicted octanol–water partition coefficient (Wildman–Crippen LogP) is 0.246. The van der Waals surface area contributed by atoms with Gasteiger partial charge in [0.1, 0.15) is 0 Å². The summed E-state index contributed by atoms with van der Waals surface area (Å²) in [5, 5.41) is 18.2. The molecule has 0 bridgehead atoms. The van der Waals surface area contributed by atoms with E-state index in [0.29, 0.717) is 66.1 Å². The van der Waals surface area contributed by atoms with Crippen LogP contribution in [0.2, 0.25) is 0 Å². The summed E-state index contributed by atoms with van der Waals surface area (Å²) in [5.41, 5.74) is -0.597. The highest BCUT2D eigenvalue weighted by Crippen LogP contribution is 2.13. The molecule has 0 aliphatic rings. The Hall–Kier alpha value is -0.540. The zero-order valence-corrected chi connectivity index (χ0v) is 14.2. The van der Waals surface area contributed by atoms with E-state index in [4.69, 9.17) is 33.9 Å². The van der Waals surface area contributed by atoms with E-state index in [1.54, 1.807) is 13.0 Å². The molecule has 0 saturated carbocycles. The molecular formula is C16H32O7. The van der Waals surface area contributed by atoms with Gasteiger partial charge < -0.3 is 33.9 Å². The standard InChI is InChI=1S/C16H32O7/c1-3-4-19-5-6-20-7-8-21-9-10-22-11-12-23-15-16(2,13-17)14-18/h3,17-18H,1,4-15H2,2H3. The Morgan fingerprint density at radius 3 is 1.52 bits per heavy atom. The lowest BCUT2D eigenvalue weighted by Gasteiger charge is -2.24. The molecule has 0 aromatic heterocycles. The Morgan fingerprint density at radius 1 is 0.739 bits per heavy atom. The molecule has 23 heavy (non-hydrogen) atoms. The molecule has 0 aliphatic carbocycles. The zero-order chi connectivity index (χ0) is 17.2. The van der Waals surface area contributed by atoms with Gasteiger partial charge in [0.2, 0.25) is 0 Å². The summed E-state index contributed by atoms with van der Waals surface area (Å²) in [6.45, 7) is 9.95. The Morgan fingerprint density at radius 2 is 1.13 bits per heavy atom. The molecular weight excluding hydrogens is 304 g/mol. The van der Waals surface area contributed by atoms with Crippen molar-refractivity contribution in [1.82, 2.24) is 0 Å². The molecule has 0 aliphatic heterocycles. The van der Waals surface area contributed by atoms with Crippen LogP contribution in [-0.2, 0) is 23.7 Å². The number of ether oxygens (including phenoxy) is 5. The van der Waals surface area contributed by atoms with E-state index in [1.807, 2.05) is 0 Å². The van der Waals surface area contributed by atoms with Crippen molar-refractivity contribution in [2.75, 3.05) is 79.3 Å². The molecule has 0 unspecified atom stereocenters. The molecule has 2 N–H and O–H groups in total. The van der Waals surface area contributed by atoms with E-state index in [-0.39, 0.29) is 13.2 Å². The van der Waals surface area contributed by atoms with Crippen LogP contribution in [0.1, 0.15) is 6.92 Å². The predicted molar refractivity (Wildman–Crippen MR) is 86.6 cm³/mol. The second-order valence-corrected chi connectivity index (χ2v) is 5.38. The Labute approximate surface area is 139 Å². The number of hydrogen-bond donors (Lipinski definition) is 2.